The highest BCUT2D eigenvalue weighted by Crippen LogP contribution is 2.31. The van der Waals surface area contributed by atoms with Crippen molar-refractivity contribution in [2.24, 2.45) is 0 Å². The van der Waals surface area contributed by atoms with Gasteiger partial charge in [0.25, 0.3) is 0 Å². The molecule has 2 rings (SSSR count). The number of carbonyl (C=O) groups is 2. The van der Waals surface area contributed by atoms with E-state index in [4.69, 9.17) is 22.4 Å². The van der Waals surface area contributed by atoms with Crippen molar-refractivity contribution in [1.29, 1.82) is 0 Å². The number of likely N-dealkylation sites (N-methyl/N-ethyl adjacent to an activating group) is 1. The first-order valence-corrected chi connectivity index (χ1v) is 6.11. The Hall–Kier alpha value is -1.95. The first-order valence-electron chi connectivity index (χ1n) is 5.74. The maximum Gasteiger partial charge on any atom is 0.337 e. The number of nitrogens with zero attached hydrogens (tertiary/aromatic N) is 1. The van der Waals surface area contributed by atoms with Crippen molar-refractivity contribution in [3.05, 3.63) is 22.7 Å². The Bertz CT molecular complexity index is 547. The van der Waals surface area contributed by atoms with Crippen molar-refractivity contribution in [1.82, 2.24) is 4.90 Å². The van der Waals surface area contributed by atoms with Crippen molar-refractivity contribution in [3.63, 3.8) is 0 Å². The lowest BCUT2D eigenvalue weighted by Gasteiger charge is -2.17. The maximum atomic E-state index is 11.8. The number of halogens is 1. The Morgan fingerprint density at radius 2 is 2.26 bits per heavy atom. The lowest BCUT2D eigenvalue weighted by Crippen LogP contribution is -2.31. The number of carbonyl (C=O) groups excluding carboxylic acids is 1. The van der Waals surface area contributed by atoms with Crippen molar-refractivity contribution in [2.45, 2.75) is 12.5 Å². The maximum absolute atomic E-state index is 11.8. The Balaban J connectivity index is 2.34. The van der Waals surface area contributed by atoms with E-state index in [0.29, 0.717) is 13.0 Å². The third-order valence-electron chi connectivity index (χ3n) is 3.09. The van der Waals surface area contributed by atoms with Crippen molar-refractivity contribution < 1.29 is 14.7 Å². The number of nitrogen functional groups attached to an aromatic ring is 1. The van der Waals surface area contributed by atoms with Crippen LogP contribution in [0.2, 0.25) is 5.02 Å². The van der Waals surface area contributed by atoms with Crippen LogP contribution in [0.1, 0.15) is 16.8 Å². The number of rotatable bonds is 3. The van der Waals surface area contributed by atoms with Gasteiger partial charge in [-0.1, -0.05) is 11.6 Å². The van der Waals surface area contributed by atoms with E-state index in [-0.39, 0.29) is 27.9 Å². The summed E-state index contributed by atoms with van der Waals surface area (Å²) < 4.78 is 0. The molecule has 7 heteroatoms. The molecule has 1 aromatic carbocycles. The van der Waals surface area contributed by atoms with Gasteiger partial charge in [-0.2, -0.15) is 0 Å². The number of hydrogen-bond acceptors (Lipinski definition) is 4. The zero-order valence-corrected chi connectivity index (χ0v) is 11.1. The number of anilines is 2. The minimum Gasteiger partial charge on any atom is -0.478 e. The second-order valence-corrected chi connectivity index (χ2v) is 4.88. The van der Waals surface area contributed by atoms with Crippen LogP contribution < -0.4 is 11.1 Å². The molecule has 1 heterocycles. The number of carboxylic acids is 1. The van der Waals surface area contributed by atoms with Gasteiger partial charge >= 0.3 is 5.97 Å². The quantitative estimate of drug-likeness (QED) is 0.726. The molecule has 1 aliphatic heterocycles. The lowest BCUT2D eigenvalue weighted by molar-refractivity contribution is -0.127. The summed E-state index contributed by atoms with van der Waals surface area (Å²) in [7, 11) is 1.70. The van der Waals surface area contributed by atoms with Crippen LogP contribution in [0.5, 0.6) is 0 Å². The van der Waals surface area contributed by atoms with E-state index in [1.54, 1.807) is 11.9 Å². The van der Waals surface area contributed by atoms with Gasteiger partial charge < -0.3 is 21.1 Å². The molecule has 0 aliphatic carbocycles. The molecular formula is C12H14ClN3O3. The molecule has 1 amide bonds. The molecule has 1 aliphatic rings. The fraction of sp³-hybridized carbons (Fsp3) is 0.333. The summed E-state index contributed by atoms with van der Waals surface area (Å²) in [5.41, 5.74) is 6.04. The number of amides is 1. The van der Waals surface area contributed by atoms with E-state index in [2.05, 4.69) is 5.32 Å². The van der Waals surface area contributed by atoms with Gasteiger partial charge in [0.1, 0.15) is 6.04 Å². The molecular weight excluding hydrogens is 270 g/mol. The highest BCUT2D eigenvalue weighted by Gasteiger charge is 2.30. The van der Waals surface area contributed by atoms with E-state index in [1.807, 2.05) is 0 Å². The fourth-order valence-corrected chi connectivity index (χ4v) is 2.36. The summed E-state index contributed by atoms with van der Waals surface area (Å²) >= 11 is 6.01. The van der Waals surface area contributed by atoms with Gasteiger partial charge in [-0.3, -0.25) is 4.79 Å². The topological polar surface area (TPSA) is 95.7 Å². The largest absolute Gasteiger partial charge is 0.478 e. The smallest absolute Gasteiger partial charge is 0.337 e. The average Bonchev–Trinajstić information content (AvgIpc) is 2.63. The summed E-state index contributed by atoms with van der Waals surface area (Å²) in [4.78, 5) is 24.6. The van der Waals surface area contributed by atoms with Crippen molar-refractivity contribution in [3.8, 4) is 0 Å². The molecule has 0 bridgehead atoms. The van der Waals surface area contributed by atoms with Crippen LogP contribution in [0.3, 0.4) is 0 Å². The lowest BCUT2D eigenvalue weighted by atomic mass is 10.1. The molecule has 1 fully saturated rings. The van der Waals surface area contributed by atoms with Gasteiger partial charge in [0.2, 0.25) is 5.91 Å². The van der Waals surface area contributed by atoms with Crippen molar-refractivity contribution in [2.75, 3.05) is 24.6 Å². The van der Waals surface area contributed by atoms with Gasteiger partial charge in [-0.05, 0) is 18.6 Å². The summed E-state index contributed by atoms with van der Waals surface area (Å²) in [6.45, 7) is 0.630. The minimum absolute atomic E-state index is 0.0349. The van der Waals surface area contributed by atoms with Gasteiger partial charge in [-0.15, -0.1) is 0 Å². The number of aromatic carboxylic acids is 1. The second-order valence-electron chi connectivity index (χ2n) is 4.48. The molecule has 1 saturated heterocycles. The molecule has 1 atom stereocenters. The molecule has 1 aromatic rings. The Kier molecular flexibility index (Phi) is 3.53. The predicted molar refractivity (Wildman–Crippen MR) is 72.5 cm³/mol. The van der Waals surface area contributed by atoms with Crippen molar-refractivity contribution >= 4 is 34.9 Å². The van der Waals surface area contributed by atoms with Crippen LogP contribution in [0.15, 0.2) is 12.1 Å². The summed E-state index contributed by atoms with van der Waals surface area (Å²) in [5, 5.41) is 12.3. The Morgan fingerprint density at radius 1 is 1.58 bits per heavy atom. The van der Waals surface area contributed by atoms with E-state index in [0.717, 1.165) is 0 Å². The van der Waals surface area contributed by atoms with Gasteiger partial charge in [0.05, 0.1) is 16.3 Å². The first-order chi connectivity index (χ1) is 8.90. The van der Waals surface area contributed by atoms with E-state index >= 15 is 0 Å². The fourth-order valence-electron chi connectivity index (χ4n) is 2.07. The monoisotopic (exact) mass is 283 g/mol. The predicted octanol–water partition coefficient (Wildman–Crippen LogP) is 1.26. The molecule has 0 radical (unpaired) electrons. The van der Waals surface area contributed by atoms with Crippen LogP contribution in [0, 0.1) is 0 Å². The number of nitrogens with one attached hydrogen (secondary N) is 1. The van der Waals surface area contributed by atoms with E-state index in [1.165, 1.54) is 12.1 Å². The number of hydrogen-bond donors (Lipinski definition) is 3. The summed E-state index contributed by atoms with van der Waals surface area (Å²) in [6.07, 6.45) is 0.606. The zero-order chi connectivity index (χ0) is 14.2. The van der Waals surface area contributed by atoms with Gasteiger partial charge in [-0.25, -0.2) is 4.79 Å². The molecule has 1 unspecified atom stereocenters. The number of benzene rings is 1. The minimum atomic E-state index is -1.14. The molecule has 0 aromatic heterocycles. The highest BCUT2D eigenvalue weighted by molar-refractivity contribution is 6.34. The Labute approximate surface area is 115 Å². The molecule has 0 saturated carbocycles. The number of nitrogens with two attached hydrogens (primary N) is 1. The van der Waals surface area contributed by atoms with Gasteiger partial charge in [0, 0.05) is 19.3 Å². The number of likely N-dealkylation sites (tertiary alicyclic amines) is 1. The molecule has 6 nitrogen and oxygen atoms in total. The third kappa shape index (κ3) is 2.58. The molecule has 102 valence electrons. The molecule has 4 N–H and O–H groups in total. The van der Waals surface area contributed by atoms with Crippen LogP contribution in [-0.2, 0) is 4.79 Å². The van der Waals surface area contributed by atoms with E-state index < -0.39 is 12.0 Å². The standard InChI is InChI=1S/C12H14ClN3O3/c1-16-3-2-9(11(16)17)15-10-7(12(18)19)4-6(14)5-8(10)13/h4-5,9,15H,2-3,14H2,1H3,(H,18,19). The highest BCUT2D eigenvalue weighted by atomic mass is 35.5. The van der Waals surface area contributed by atoms with Crippen LogP contribution in [-0.4, -0.2) is 41.5 Å². The van der Waals surface area contributed by atoms with Crippen LogP contribution in [0.4, 0.5) is 11.4 Å². The zero-order valence-electron chi connectivity index (χ0n) is 10.3. The van der Waals surface area contributed by atoms with E-state index in [9.17, 15) is 9.59 Å². The number of carboxylic acid groups (broad SMARTS) is 1. The molecule has 0 spiro atoms. The SMILES string of the molecule is CN1CCC(Nc2c(Cl)cc(N)cc2C(=O)O)C1=O. The third-order valence-corrected chi connectivity index (χ3v) is 3.39. The molecule has 19 heavy (non-hydrogen) atoms. The van der Waals surface area contributed by atoms with Crippen LogP contribution >= 0.6 is 11.6 Å². The second kappa shape index (κ2) is 4.97. The summed E-state index contributed by atoms with van der Waals surface area (Å²) in [6, 6.07) is 2.32. The normalized spacial score (nSPS) is 18.7. The first kappa shape index (κ1) is 13.5. The Morgan fingerprint density at radius 3 is 2.79 bits per heavy atom. The summed E-state index contributed by atoms with van der Waals surface area (Å²) in [5.74, 6) is -1.22. The average molecular weight is 284 g/mol. The van der Waals surface area contributed by atoms with Gasteiger partial charge in [0.15, 0.2) is 0 Å². The van der Waals surface area contributed by atoms with Crippen LogP contribution in [0.25, 0.3) is 0 Å².